The zero-order valence-corrected chi connectivity index (χ0v) is 22.1. The maximum Gasteiger partial charge on any atom is 0.352 e. The first-order valence-corrected chi connectivity index (χ1v) is 13.9. The van der Waals surface area contributed by atoms with Crippen LogP contribution in [0.4, 0.5) is 5.82 Å². The van der Waals surface area contributed by atoms with Gasteiger partial charge in [-0.1, -0.05) is 49.2 Å². The fourth-order valence-corrected chi connectivity index (χ4v) is 6.47. The molecule has 2 aromatic rings. The fraction of sp³-hybridized carbons (Fsp3) is 0.455. The number of hydrogen-bond acceptors (Lipinski definition) is 12. The molecule has 2 atom stereocenters. The Hall–Kier alpha value is -3.66. The SMILES string of the molecule is CCCCCCn1nnnc1SCC1=C(C(=O)O)N2C(=O)C(NC(=O)C(=NO)c3cccc(N)n3)[C@@H]2SC1. The zero-order valence-electron chi connectivity index (χ0n) is 20.5. The Labute approximate surface area is 226 Å². The molecule has 0 aromatic carbocycles. The summed E-state index contributed by atoms with van der Waals surface area (Å²) < 4.78 is 1.70. The molecule has 1 saturated heterocycles. The molecule has 202 valence electrons. The summed E-state index contributed by atoms with van der Waals surface area (Å²) in [5.74, 6) is -1.89. The number of amides is 2. The first-order chi connectivity index (χ1) is 18.3. The Bertz CT molecular complexity index is 1280. The number of unbranched alkanes of at least 4 members (excludes halogenated alkanes) is 3. The Morgan fingerprint density at radius 2 is 2.13 bits per heavy atom. The number of aromatic nitrogens is 5. The number of carbonyl (C=O) groups excluding carboxylic acids is 2. The smallest absolute Gasteiger partial charge is 0.352 e. The molecule has 16 heteroatoms. The number of nitrogens with zero attached hydrogens (tertiary/aromatic N) is 7. The number of fused-ring (bicyclic) bond motifs is 1. The summed E-state index contributed by atoms with van der Waals surface area (Å²) in [7, 11) is 0. The summed E-state index contributed by atoms with van der Waals surface area (Å²) in [6.07, 6.45) is 4.27. The minimum atomic E-state index is -1.23. The monoisotopic (exact) mass is 561 g/mol. The molecule has 38 heavy (non-hydrogen) atoms. The van der Waals surface area contributed by atoms with E-state index in [1.165, 1.54) is 46.6 Å². The molecule has 2 aromatic heterocycles. The number of pyridine rings is 1. The molecule has 0 radical (unpaired) electrons. The van der Waals surface area contributed by atoms with Gasteiger partial charge in [0.2, 0.25) is 5.16 Å². The third kappa shape index (κ3) is 5.75. The molecule has 1 fully saturated rings. The van der Waals surface area contributed by atoms with Gasteiger partial charge in [-0.3, -0.25) is 14.5 Å². The fourth-order valence-electron chi connectivity index (χ4n) is 4.08. The molecule has 4 rings (SSSR count). The largest absolute Gasteiger partial charge is 0.477 e. The van der Waals surface area contributed by atoms with Gasteiger partial charge in [0.05, 0.1) is 0 Å². The van der Waals surface area contributed by atoms with Crippen LogP contribution in [0.3, 0.4) is 0 Å². The van der Waals surface area contributed by atoms with Gasteiger partial charge in [-0.25, -0.2) is 14.5 Å². The molecule has 0 aliphatic carbocycles. The highest BCUT2D eigenvalue weighted by molar-refractivity contribution is 8.01. The number of carbonyl (C=O) groups is 3. The van der Waals surface area contributed by atoms with E-state index in [9.17, 15) is 24.7 Å². The Morgan fingerprint density at radius 3 is 2.84 bits per heavy atom. The van der Waals surface area contributed by atoms with Gasteiger partial charge in [-0.15, -0.1) is 16.9 Å². The zero-order chi connectivity index (χ0) is 27.2. The number of rotatable bonds is 12. The third-order valence-electron chi connectivity index (χ3n) is 5.96. The topological polar surface area (TPSA) is 202 Å². The van der Waals surface area contributed by atoms with E-state index >= 15 is 0 Å². The van der Waals surface area contributed by atoms with Crippen molar-refractivity contribution in [1.82, 2.24) is 35.4 Å². The van der Waals surface area contributed by atoms with Crippen LogP contribution < -0.4 is 11.1 Å². The Balaban J connectivity index is 1.42. The van der Waals surface area contributed by atoms with Crippen molar-refractivity contribution in [3.63, 3.8) is 0 Å². The molecule has 0 bridgehead atoms. The number of anilines is 1. The van der Waals surface area contributed by atoms with Crippen LogP contribution in [0.2, 0.25) is 0 Å². The van der Waals surface area contributed by atoms with Gasteiger partial charge in [0.1, 0.15) is 28.6 Å². The van der Waals surface area contributed by atoms with E-state index in [0.717, 1.165) is 25.7 Å². The first-order valence-electron chi connectivity index (χ1n) is 11.9. The number of carboxylic acid groups (broad SMARTS) is 1. The van der Waals surface area contributed by atoms with Crippen LogP contribution in [0.25, 0.3) is 0 Å². The van der Waals surface area contributed by atoms with Crippen LogP contribution in [-0.2, 0) is 20.9 Å². The lowest BCUT2D eigenvalue weighted by atomic mass is 10.0. The van der Waals surface area contributed by atoms with Crippen LogP contribution >= 0.6 is 23.5 Å². The second-order valence-corrected chi connectivity index (χ2v) is 10.6. The lowest BCUT2D eigenvalue weighted by Crippen LogP contribution is -2.71. The van der Waals surface area contributed by atoms with Crippen LogP contribution in [0.5, 0.6) is 0 Å². The highest BCUT2D eigenvalue weighted by Crippen LogP contribution is 2.41. The lowest BCUT2D eigenvalue weighted by molar-refractivity contribution is -0.150. The van der Waals surface area contributed by atoms with Gasteiger partial charge in [-0.2, -0.15) is 0 Å². The molecule has 2 aliphatic rings. The van der Waals surface area contributed by atoms with Gasteiger partial charge < -0.3 is 21.4 Å². The molecular weight excluding hydrogens is 534 g/mol. The maximum atomic E-state index is 13.0. The number of tetrazole rings is 1. The van der Waals surface area contributed by atoms with Crippen molar-refractivity contribution in [2.75, 3.05) is 17.2 Å². The van der Waals surface area contributed by atoms with Gasteiger partial charge >= 0.3 is 5.97 Å². The summed E-state index contributed by atoms with van der Waals surface area (Å²) in [5, 5.41) is 36.6. The van der Waals surface area contributed by atoms with Crippen molar-refractivity contribution in [2.45, 2.75) is 55.7 Å². The first kappa shape index (κ1) is 27.4. The second kappa shape index (κ2) is 12.3. The van der Waals surface area contributed by atoms with Crippen LogP contribution in [0, 0.1) is 0 Å². The van der Waals surface area contributed by atoms with E-state index in [2.05, 4.69) is 37.9 Å². The number of nitrogens with two attached hydrogens (primary N) is 1. The molecule has 2 amide bonds. The van der Waals surface area contributed by atoms with E-state index < -0.39 is 34.9 Å². The molecule has 5 N–H and O–H groups in total. The number of thioether (sulfide) groups is 2. The predicted molar refractivity (Wildman–Crippen MR) is 139 cm³/mol. The number of aliphatic carboxylic acids is 1. The summed E-state index contributed by atoms with van der Waals surface area (Å²) in [6.45, 7) is 2.81. The van der Waals surface area contributed by atoms with Crippen LogP contribution in [0.15, 0.2) is 39.8 Å². The van der Waals surface area contributed by atoms with E-state index in [0.29, 0.717) is 28.8 Å². The number of aryl methyl sites for hydroxylation is 1. The number of β-lactam (4-membered cyclic amide) rings is 1. The lowest BCUT2D eigenvalue weighted by Gasteiger charge is -2.49. The van der Waals surface area contributed by atoms with E-state index in [4.69, 9.17) is 5.73 Å². The number of nitrogen functional groups attached to an aromatic ring is 1. The van der Waals surface area contributed by atoms with Gasteiger partial charge in [0.15, 0.2) is 5.71 Å². The molecule has 1 unspecified atom stereocenters. The summed E-state index contributed by atoms with van der Waals surface area (Å²) >= 11 is 2.65. The van der Waals surface area contributed by atoms with Gasteiger partial charge in [0.25, 0.3) is 11.8 Å². The minimum absolute atomic E-state index is 0.0306. The molecular formula is C22H27N9O5S2. The number of carboxylic acids is 1. The third-order valence-corrected chi connectivity index (χ3v) is 8.35. The van der Waals surface area contributed by atoms with Crippen molar-refractivity contribution in [3.05, 3.63) is 35.2 Å². The molecule has 4 heterocycles. The number of nitrogens with one attached hydrogen (secondary N) is 1. The van der Waals surface area contributed by atoms with Crippen LogP contribution in [0.1, 0.15) is 38.3 Å². The summed E-state index contributed by atoms with van der Waals surface area (Å²) in [6, 6.07) is 3.49. The number of oxime groups is 1. The Morgan fingerprint density at radius 1 is 1.32 bits per heavy atom. The Kier molecular flexibility index (Phi) is 8.83. The van der Waals surface area contributed by atoms with E-state index in [1.807, 2.05) is 0 Å². The van der Waals surface area contributed by atoms with Crippen molar-refractivity contribution in [2.24, 2.45) is 5.16 Å². The maximum absolute atomic E-state index is 13.0. The molecule has 0 saturated carbocycles. The van der Waals surface area contributed by atoms with E-state index in [1.54, 1.807) is 4.68 Å². The van der Waals surface area contributed by atoms with Gasteiger partial charge in [0, 0.05) is 18.1 Å². The molecule has 14 nitrogen and oxygen atoms in total. The summed E-state index contributed by atoms with van der Waals surface area (Å²) in [5.41, 5.74) is 5.71. The van der Waals surface area contributed by atoms with Crippen LogP contribution in [-0.4, -0.2) is 86.8 Å². The van der Waals surface area contributed by atoms with Crippen molar-refractivity contribution in [1.29, 1.82) is 0 Å². The average Bonchev–Trinajstić information content (AvgIpc) is 3.35. The highest BCUT2D eigenvalue weighted by Gasteiger charge is 2.54. The minimum Gasteiger partial charge on any atom is -0.477 e. The average molecular weight is 562 g/mol. The van der Waals surface area contributed by atoms with Gasteiger partial charge in [-0.05, 0) is 34.6 Å². The second-order valence-electron chi connectivity index (χ2n) is 8.55. The highest BCUT2D eigenvalue weighted by atomic mass is 32.2. The normalized spacial score (nSPS) is 19.2. The van der Waals surface area contributed by atoms with E-state index in [-0.39, 0.29) is 17.2 Å². The molecule has 0 spiro atoms. The molecule has 2 aliphatic heterocycles. The predicted octanol–water partition coefficient (Wildman–Crippen LogP) is 0.940. The quantitative estimate of drug-likeness (QED) is 0.0714. The van der Waals surface area contributed by atoms with Crippen molar-refractivity contribution >= 4 is 52.8 Å². The summed E-state index contributed by atoms with van der Waals surface area (Å²) in [4.78, 5) is 43.0. The standard InChI is InChI=1S/C22H27N9O5S2/c1-2-3-4-5-9-30-22(26-28-29-30)38-11-12-10-37-20-16(19(33)31(20)17(12)21(34)35)25-18(32)15(27-36)13-7-6-8-14(23)24-13/h6-8,16,20,36H,2-5,9-11H2,1H3,(H2,23,24)(H,25,32)(H,34,35)/t16?,20-/m0/s1. The van der Waals surface area contributed by atoms with Crippen molar-refractivity contribution in [3.8, 4) is 0 Å². The van der Waals surface area contributed by atoms with Crippen molar-refractivity contribution < 1.29 is 24.7 Å². The number of hydrogen-bond donors (Lipinski definition) is 4.